The van der Waals surface area contributed by atoms with Gasteiger partial charge in [-0.1, -0.05) is 5.75 Å². The summed E-state index contributed by atoms with van der Waals surface area (Å²) in [5, 5.41) is 159. The van der Waals surface area contributed by atoms with Crippen molar-refractivity contribution in [1.29, 1.82) is 0 Å². The van der Waals surface area contributed by atoms with Crippen LogP contribution in [0.3, 0.4) is 0 Å². The molecule has 7 rings (SSSR count). The van der Waals surface area contributed by atoms with Crippen molar-refractivity contribution in [3.8, 4) is 97.4 Å². The summed E-state index contributed by atoms with van der Waals surface area (Å²) in [5.74, 6) is -27.7. The molecule has 26 nitrogen and oxygen atoms in total. The van der Waals surface area contributed by atoms with Crippen LogP contribution >= 0.6 is 0 Å². The van der Waals surface area contributed by atoms with E-state index in [1.54, 1.807) is 0 Å². The molecule has 2 heterocycles. The molecular formula is C41H28O26-2. The van der Waals surface area contributed by atoms with Crippen molar-refractivity contribution < 1.29 is 129 Å². The molecule has 67 heavy (non-hydrogen) atoms. The van der Waals surface area contributed by atoms with Crippen LogP contribution in [0.25, 0.3) is 11.1 Å². The Bertz CT molecular complexity index is 2870. The number of hydrogen-bond acceptors (Lipinski definition) is 26. The quantitative estimate of drug-likeness (QED) is 0.0622. The summed E-state index contributed by atoms with van der Waals surface area (Å²) in [5.41, 5.74) is -7.01. The molecule has 5 aromatic rings. The van der Waals surface area contributed by atoms with E-state index >= 15 is 0 Å². The maximum Gasteiger partial charge on any atom is 0.340 e. The highest BCUT2D eigenvalue weighted by Gasteiger charge is 2.55. The molecule has 0 amide bonds. The van der Waals surface area contributed by atoms with Crippen molar-refractivity contribution in [1.82, 2.24) is 0 Å². The molecule has 1 saturated heterocycles. The van der Waals surface area contributed by atoms with Gasteiger partial charge in [-0.3, -0.25) is 0 Å². The van der Waals surface area contributed by atoms with E-state index in [0.29, 0.717) is 48.5 Å². The van der Waals surface area contributed by atoms with Gasteiger partial charge in [-0.05, 0) is 59.8 Å². The number of phenolic OH excluding ortho intramolecular Hbond substituents is 13. The van der Waals surface area contributed by atoms with Crippen LogP contribution in [0, 0.1) is 0 Å². The van der Waals surface area contributed by atoms with Crippen LogP contribution in [-0.2, 0) is 28.4 Å². The summed E-state index contributed by atoms with van der Waals surface area (Å²) in [4.78, 5) is 69.6. The molecule has 0 bridgehead atoms. The number of fused-ring (bicyclic) bond motifs is 4. The SMILES string of the molecule is O=C(O[C@@H]1O[C@@H]2COC(=O)c3cc(O)c(O)c(O)c3-c3c(cc(O)c(O)c3[O-])C(=O)O[C@H]2[C@H](OC(=O)c2cc(O)c(O)c(O)c2)[C@H]1OC(=O)c1cc(O)c(O)c(O)c1)c1cc(O)c([O-])c(O)c1. The second-order valence-corrected chi connectivity index (χ2v) is 14.2. The second kappa shape index (κ2) is 16.8. The zero-order chi connectivity index (χ0) is 49.1. The molecule has 0 radical (unpaired) electrons. The maximum atomic E-state index is 14.4. The van der Waals surface area contributed by atoms with E-state index in [0.717, 1.165) is 0 Å². The van der Waals surface area contributed by atoms with E-state index < -0.39 is 192 Å². The number of benzene rings is 5. The van der Waals surface area contributed by atoms with Crippen molar-refractivity contribution in [2.45, 2.75) is 30.7 Å². The number of ether oxygens (including phenoxy) is 6. The molecule has 0 unspecified atom stereocenters. The summed E-state index contributed by atoms with van der Waals surface area (Å²) >= 11 is 0. The lowest BCUT2D eigenvalue weighted by atomic mass is 9.92. The number of hydrogen-bond donors (Lipinski definition) is 13. The largest absolute Gasteiger partial charge is 0.869 e. The normalized spacial score (nSPS) is 19.0. The van der Waals surface area contributed by atoms with Crippen LogP contribution in [0.15, 0.2) is 48.5 Å². The fourth-order valence-electron chi connectivity index (χ4n) is 6.75. The van der Waals surface area contributed by atoms with Gasteiger partial charge in [0, 0.05) is 5.56 Å². The van der Waals surface area contributed by atoms with Gasteiger partial charge in [-0.15, -0.1) is 0 Å². The minimum Gasteiger partial charge on any atom is -0.869 e. The van der Waals surface area contributed by atoms with Crippen LogP contribution in [-0.4, -0.2) is 134 Å². The van der Waals surface area contributed by atoms with Gasteiger partial charge in [-0.2, -0.15) is 0 Å². The molecular weight excluding hydrogens is 908 g/mol. The average molecular weight is 937 g/mol. The Morgan fingerprint density at radius 2 is 0.896 bits per heavy atom. The van der Waals surface area contributed by atoms with Crippen molar-refractivity contribution >= 4 is 29.8 Å². The van der Waals surface area contributed by atoms with Crippen LogP contribution < -0.4 is 10.2 Å². The summed E-state index contributed by atoms with van der Waals surface area (Å²) in [6, 6.07) is 3.88. The monoisotopic (exact) mass is 936 g/mol. The number of phenols is 13. The molecule has 26 heteroatoms. The Kier molecular flexibility index (Phi) is 11.4. The molecule has 5 atom stereocenters. The number of aromatic hydroxyl groups is 13. The van der Waals surface area contributed by atoms with E-state index in [9.17, 15) is 101 Å². The van der Waals surface area contributed by atoms with E-state index in [1.165, 1.54) is 0 Å². The summed E-state index contributed by atoms with van der Waals surface area (Å²) < 4.78 is 33.3. The zero-order valence-corrected chi connectivity index (χ0v) is 32.8. The minimum absolute atomic E-state index is 0.357. The Hall–Kier alpha value is -9.59. The third-order valence-corrected chi connectivity index (χ3v) is 10.00. The zero-order valence-electron chi connectivity index (χ0n) is 32.8. The van der Waals surface area contributed by atoms with Gasteiger partial charge < -0.3 is 105 Å². The smallest absolute Gasteiger partial charge is 0.340 e. The first-order valence-electron chi connectivity index (χ1n) is 18.4. The molecule has 0 saturated carbocycles. The van der Waals surface area contributed by atoms with E-state index in [-0.39, 0.29) is 0 Å². The van der Waals surface area contributed by atoms with Crippen molar-refractivity contribution in [2.75, 3.05) is 6.61 Å². The highest BCUT2D eigenvalue weighted by molar-refractivity contribution is 6.08. The first-order chi connectivity index (χ1) is 31.5. The molecule has 2 aliphatic heterocycles. The lowest BCUT2D eigenvalue weighted by Crippen LogP contribution is -2.63. The summed E-state index contributed by atoms with van der Waals surface area (Å²) in [7, 11) is 0. The van der Waals surface area contributed by atoms with Crippen molar-refractivity contribution in [2.24, 2.45) is 0 Å². The molecule has 0 aliphatic carbocycles. The third kappa shape index (κ3) is 8.12. The number of carbonyl (C=O) groups is 5. The third-order valence-electron chi connectivity index (χ3n) is 10.00. The average Bonchev–Trinajstić information content (AvgIpc) is 3.29. The predicted molar refractivity (Wildman–Crippen MR) is 204 cm³/mol. The van der Waals surface area contributed by atoms with Gasteiger partial charge in [0.25, 0.3) is 0 Å². The van der Waals surface area contributed by atoms with Crippen LogP contribution in [0.1, 0.15) is 51.8 Å². The van der Waals surface area contributed by atoms with Gasteiger partial charge in [0.2, 0.25) is 18.1 Å². The highest BCUT2D eigenvalue weighted by Crippen LogP contribution is 2.52. The Balaban J connectivity index is 1.44. The summed E-state index contributed by atoms with van der Waals surface area (Å²) in [6.45, 7) is -1.29. The number of rotatable bonds is 6. The molecule has 0 spiro atoms. The van der Waals surface area contributed by atoms with Crippen molar-refractivity contribution in [3.63, 3.8) is 0 Å². The number of esters is 5. The van der Waals surface area contributed by atoms with Gasteiger partial charge in [-0.25, -0.2) is 24.0 Å². The molecule has 350 valence electrons. The molecule has 0 aromatic heterocycles. The lowest BCUT2D eigenvalue weighted by molar-refractivity contribution is -0.282. The first-order valence-corrected chi connectivity index (χ1v) is 18.4. The maximum absolute atomic E-state index is 14.4. The van der Waals surface area contributed by atoms with Crippen LogP contribution in [0.2, 0.25) is 0 Å². The van der Waals surface area contributed by atoms with Crippen molar-refractivity contribution in [3.05, 3.63) is 76.3 Å². The minimum atomic E-state index is -2.58. The molecule has 5 aromatic carbocycles. The number of cyclic esters (lactones) is 1. The summed E-state index contributed by atoms with van der Waals surface area (Å²) in [6.07, 6.45) is -12.4. The van der Waals surface area contributed by atoms with E-state index in [1.807, 2.05) is 0 Å². The van der Waals surface area contributed by atoms with Gasteiger partial charge in [0.15, 0.2) is 64.0 Å². The molecule has 1 fully saturated rings. The number of carbonyl (C=O) groups excluding carboxylic acids is 5. The van der Waals surface area contributed by atoms with Crippen LogP contribution in [0.4, 0.5) is 0 Å². The molecule has 2 aliphatic rings. The first kappa shape index (κ1) is 45.4. The van der Waals surface area contributed by atoms with Gasteiger partial charge in [0.1, 0.15) is 30.0 Å². The van der Waals surface area contributed by atoms with Gasteiger partial charge >= 0.3 is 29.8 Å². The Morgan fingerprint density at radius 3 is 1.40 bits per heavy atom. The lowest BCUT2D eigenvalue weighted by Gasteiger charge is -2.43. The van der Waals surface area contributed by atoms with Gasteiger partial charge in [0.05, 0.1) is 27.8 Å². The Morgan fingerprint density at radius 1 is 0.478 bits per heavy atom. The second-order valence-electron chi connectivity index (χ2n) is 14.2. The van der Waals surface area contributed by atoms with Crippen LogP contribution in [0.5, 0.6) is 86.2 Å². The predicted octanol–water partition coefficient (Wildman–Crippen LogP) is 0.402. The Labute approximate surface area is 369 Å². The molecule has 13 N–H and O–H groups in total. The standard InChI is InChI=1S/C41H30O26/c42-15-1-10(2-16(43)26(15)50)36(57)65-34-33-23(9-62-39(60)13-7-21(48)29(53)31(55)24(13)25-14(40(61)64-33)8-22(49)30(54)32(25)56)63-41(67-38(59)12-5-19(46)28(52)20(47)6-12)35(34)66-37(58)11-3-17(44)27(51)18(45)4-11/h1-8,23,33-35,41-56H,9H2/p-2/t23-,33-,34+,35-,41+/m1/s1. The fourth-order valence-corrected chi connectivity index (χ4v) is 6.75. The highest BCUT2D eigenvalue weighted by atomic mass is 16.7. The topological polar surface area (TPSA) is 450 Å². The fraction of sp³-hybridized carbons (Fsp3) is 0.146. The van der Waals surface area contributed by atoms with E-state index in [4.69, 9.17) is 28.4 Å². The van der Waals surface area contributed by atoms with E-state index in [2.05, 4.69) is 0 Å².